The van der Waals surface area contributed by atoms with Crippen molar-refractivity contribution in [3.05, 3.63) is 54.4 Å². The van der Waals surface area contributed by atoms with Gasteiger partial charge in [0.1, 0.15) is 18.8 Å². The number of rotatable bonds is 6. The van der Waals surface area contributed by atoms with Crippen LogP contribution in [0.1, 0.15) is 11.1 Å². The Morgan fingerprint density at radius 2 is 2.23 bits per heavy atom. The zero-order valence-electron chi connectivity index (χ0n) is 14.9. The van der Waals surface area contributed by atoms with Gasteiger partial charge >= 0.3 is 0 Å². The van der Waals surface area contributed by atoms with E-state index in [-0.39, 0.29) is 12.1 Å². The lowest BCUT2D eigenvalue weighted by Gasteiger charge is -2.20. The molecule has 0 aliphatic carbocycles. The van der Waals surface area contributed by atoms with E-state index in [2.05, 4.69) is 45.6 Å². The van der Waals surface area contributed by atoms with Crippen LogP contribution in [0.25, 0.3) is 5.69 Å². The van der Waals surface area contributed by atoms with Crippen molar-refractivity contribution in [1.29, 1.82) is 0 Å². The van der Waals surface area contributed by atoms with Gasteiger partial charge in [-0.2, -0.15) is 10.2 Å². The third-order valence-corrected chi connectivity index (χ3v) is 4.49. The summed E-state index contributed by atoms with van der Waals surface area (Å²) in [4.78, 5) is 4.00. The Morgan fingerprint density at radius 1 is 1.31 bits per heavy atom. The van der Waals surface area contributed by atoms with Crippen LogP contribution >= 0.6 is 0 Å². The van der Waals surface area contributed by atoms with Gasteiger partial charge < -0.3 is 14.8 Å². The molecule has 1 N–H and O–H groups in total. The van der Waals surface area contributed by atoms with Gasteiger partial charge in [0.05, 0.1) is 37.3 Å². The van der Waals surface area contributed by atoms with E-state index in [1.165, 1.54) is 11.9 Å². The van der Waals surface area contributed by atoms with Gasteiger partial charge in [-0.15, -0.1) is 0 Å². The maximum absolute atomic E-state index is 6.00. The number of benzene rings is 1. The van der Waals surface area contributed by atoms with Crippen molar-refractivity contribution in [2.45, 2.75) is 25.6 Å². The highest BCUT2D eigenvalue weighted by Gasteiger charge is 2.30. The predicted octanol–water partition coefficient (Wildman–Crippen LogP) is 1.25. The SMILES string of the molecule is Cc1cc(CN[C@H]2COC[C@H]2Oc2cnn(C)c2)ccc1-n1cncn1. The fraction of sp³-hybridized carbons (Fsp3) is 0.389. The van der Waals surface area contributed by atoms with E-state index >= 15 is 0 Å². The molecule has 3 aromatic rings. The molecule has 0 amide bonds. The molecule has 1 saturated heterocycles. The average molecular weight is 354 g/mol. The van der Waals surface area contributed by atoms with Gasteiger partial charge in [0, 0.05) is 13.6 Å². The van der Waals surface area contributed by atoms with Crippen molar-refractivity contribution < 1.29 is 9.47 Å². The molecule has 4 rings (SSSR count). The normalized spacial score (nSPS) is 19.8. The second kappa shape index (κ2) is 7.27. The first kappa shape index (κ1) is 16.7. The fourth-order valence-corrected chi connectivity index (χ4v) is 3.14. The molecule has 0 bridgehead atoms. The smallest absolute Gasteiger partial charge is 0.157 e. The lowest BCUT2D eigenvalue weighted by molar-refractivity contribution is 0.139. The minimum Gasteiger partial charge on any atom is -0.483 e. The van der Waals surface area contributed by atoms with Crippen molar-refractivity contribution in [2.24, 2.45) is 7.05 Å². The molecule has 26 heavy (non-hydrogen) atoms. The van der Waals surface area contributed by atoms with Crippen LogP contribution in [0.5, 0.6) is 5.75 Å². The van der Waals surface area contributed by atoms with Gasteiger partial charge in [-0.25, -0.2) is 9.67 Å². The first-order valence-electron chi connectivity index (χ1n) is 8.60. The average Bonchev–Trinajstić information content (AvgIpc) is 3.36. The molecule has 0 radical (unpaired) electrons. The molecule has 2 aromatic heterocycles. The molecule has 3 heterocycles. The molecule has 1 fully saturated rings. The van der Waals surface area contributed by atoms with Gasteiger partial charge in [-0.3, -0.25) is 4.68 Å². The Balaban J connectivity index is 1.38. The van der Waals surface area contributed by atoms with Crippen LogP contribution in [0.15, 0.2) is 43.2 Å². The summed E-state index contributed by atoms with van der Waals surface area (Å²) in [5, 5.41) is 11.9. The van der Waals surface area contributed by atoms with Gasteiger partial charge in [-0.05, 0) is 24.1 Å². The van der Waals surface area contributed by atoms with Crippen LogP contribution in [0.3, 0.4) is 0 Å². The van der Waals surface area contributed by atoms with Crippen LogP contribution in [0, 0.1) is 6.92 Å². The summed E-state index contributed by atoms with van der Waals surface area (Å²) in [7, 11) is 1.87. The quantitative estimate of drug-likeness (QED) is 0.718. The zero-order chi connectivity index (χ0) is 17.9. The number of aryl methyl sites for hydroxylation is 2. The highest BCUT2D eigenvalue weighted by atomic mass is 16.5. The summed E-state index contributed by atoms with van der Waals surface area (Å²) in [6, 6.07) is 6.47. The summed E-state index contributed by atoms with van der Waals surface area (Å²) in [6.45, 7) is 4.05. The van der Waals surface area contributed by atoms with E-state index in [0.717, 1.165) is 23.5 Å². The number of nitrogens with zero attached hydrogens (tertiary/aromatic N) is 5. The summed E-state index contributed by atoms with van der Waals surface area (Å²) in [6.07, 6.45) is 6.81. The van der Waals surface area contributed by atoms with Crippen molar-refractivity contribution in [3.8, 4) is 11.4 Å². The molecule has 1 aliphatic heterocycles. The summed E-state index contributed by atoms with van der Waals surface area (Å²) >= 11 is 0. The largest absolute Gasteiger partial charge is 0.483 e. The molecule has 0 unspecified atom stereocenters. The minimum absolute atomic E-state index is 0.0188. The predicted molar refractivity (Wildman–Crippen MR) is 95.2 cm³/mol. The van der Waals surface area contributed by atoms with Crippen LogP contribution in [-0.2, 0) is 18.3 Å². The first-order valence-corrected chi connectivity index (χ1v) is 8.60. The van der Waals surface area contributed by atoms with Crippen LogP contribution < -0.4 is 10.1 Å². The molecule has 0 spiro atoms. The van der Waals surface area contributed by atoms with Crippen LogP contribution in [-0.4, -0.2) is 49.9 Å². The number of hydrogen-bond donors (Lipinski definition) is 1. The number of ether oxygens (including phenoxy) is 2. The molecule has 1 aliphatic rings. The summed E-state index contributed by atoms with van der Waals surface area (Å²) in [5.74, 6) is 0.767. The number of hydrogen-bond acceptors (Lipinski definition) is 6. The Kier molecular flexibility index (Phi) is 4.68. The van der Waals surface area contributed by atoms with E-state index < -0.39 is 0 Å². The van der Waals surface area contributed by atoms with Crippen LogP contribution in [0.2, 0.25) is 0 Å². The monoisotopic (exact) mass is 354 g/mol. The fourth-order valence-electron chi connectivity index (χ4n) is 3.14. The Morgan fingerprint density at radius 3 is 2.96 bits per heavy atom. The molecular weight excluding hydrogens is 332 g/mol. The third kappa shape index (κ3) is 3.61. The molecule has 0 saturated carbocycles. The van der Waals surface area contributed by atoms with E-state index in [1.54, 1.807) is 21.9 Å². The Hall–Kier alpha value is -2.71. The molecular formula is C18H22N6O2. The van der Waals surface area contributed by atoms with Gasteiger partial charge in [0.25, 0.3) is 0 Å². The van der Waals surface area contributed by atoms with Crippen molar-refractivity contribution in [1.82, 2.24) is 29.9 Å². The highest BCUT2D eigenvalue weighted by Crippen LogP contribution is 2.18. The Bertz CT molecular complexity index is 860. The van der Waals surface area contributed by atoms with E-state index in [9.17, 15) is 0 Å². The molecule has 2 atom stereocenters. The number of aromatic nitrogens is 5. The first-order chi connectivity index (χ1) is 12.7. The van der Waals surface area contributed by atoms with Gasteiger partial charge in [-0.1, -0.05) is 12.1 Å². The topological polar surface area (TPSA) is 79.0 Å². The minimum atomic E-state index is -0.0188. The zero-order valence-corrected chi connectivity index (χ0v) is 14.9. The third-order valence-electron chi connectivity index (χ3n) is 4.49. The molecule has 8 nitrogen and oxygen atoms in total. The van der Waals surface area contributed by atoms with Crippen LogP contribution in [0.4, 0.5) is 0 Å². The molecule has 1 aromatic carbocycles. The van der Waals surface area contributed by atoms with E-state index in [1.807, 2.05) is 13.2 Å². The van der Waals surface area contributed by atoms with Gasteiger partial charge in [0.2, 0.25) is 0 Å². The second-order valence-corrected chi connectivity index (χ2v) is 6.49. The summed E-state index contributed by atoms with van der Waals surface area (Å²) in [5.41, 5.74) is 3.40. The summed E-state index contributed by atoms with van der Waals surface area (Å²) < 4.78 is 15.1. The van der Waals surface area contributed by atoms with Crippen molar-refractivity contribution in [2.75, 3.05) is 13.2 Å². The van der Waals surface area contributed by atoms with E-state index in [4.69, 9.17) is 9.47 Å². The lowest BCUT2D eigenvalue weighted by Crippen LogP contribution is -2.41. The second-order valence-electron chi connectivity index (χ2n) is 6.49. The maximum atomic E-state index is 6.00. The van der Waals surface area contributed by atoms with Crippen molar-refractivity contribution in [3.63, 3.8) is 0 Å². The molecule has 136 valence electrons. The van der Waals surface area contributed by atoms with Gasteiger partial charge in [0.15, 0.2) is 5.75 Å². The standard InChI is InChI=1S/C18H22N6O2/c1-13-5-14(3-4-17(13)24-12-19-11-22-24)6-20-16-9-25-10-18(16)26-15-7-21-23(2)8-15/h3-5,7-8,11-12,16,18,20H,6,9-10H2,1-2H3/t16-,18+/m0/s1. The molecule has 8 heteroatoms. The maximum Gasteiger partial charge on any atom is 0.157 e. The van der Waals surface area contributed by atoms with E-state index in [0.29, 0.717) is 13.2 Å². The number of nitrogens with one attached hydrogen (secondary N) is 1. The highest BCUT2D eigenvalue weighted by molar-refractivity contribution is 5.41. The lowest BCUT2D eigenvalue weighted by atomic mass is 10.1. The van der Waals surface area contributed by atoms with Crippen molar-refractivity contribution >= 4 is 0 Å². The Labute approximate surface area is 151 Å².